The molecular formula is C28H19N3O5S4. The van der Waals surface area contributed by atoms with Crippen LogP contribution in [0.1, 0.15) is 10.4 Å². The number of furan rings is 1. The first-order valence-electron chi connectivity index (χ1n) is 11.8. The quantitative estimate of drug-likeness (QED) is 0.113. The van der Waals surface area contributed by atoms with Crippen molar-refractivity contribution in [2.24, 2.45) is 0 Å². The molecule has 0 spiro atoms. The van der Waals surface area contributed by atoms with Gasteiger partial charge in [-0.2, -0.15) is 0 Å². The van der Waals surface area contributed by atoms with Crippen molar-refractivity contribution in [1.29, 1.82) is 0 Å². The zero-order valence-corrected chi connectivity index (χ0v) is 24.0. The zero-order valence-electron chi connectivity index (χ0n) is 20.8. The minimum absolute atomic E-state index is 0.0337. The van der Waals surface area contributed by atoms with Gasteiger partial charge < -0.3 is 14.5 Å². The van der Waals surface area contributed by atoms with Gasteiger partial charge in [0, 0.05) is 26.8 Å². The van der Waals surface area contributed by atoms with Crippen LogP contribution < -0.4 is 10.9 Å². The molecule has 0 aliphatic heterocycles. The fourth-order valence-corrected chi connectivity index (χ4v) is 7.72. The molecule has 6 rings (SSSR count). The van der Waals surface area contributed by atoms with Crippen LogP contribution in [0.25, 0.3) is 37.7 Å². The number of ether oxygens (including phenoxy) is 1. The molecule has 0 aliphatic rings. The van der Waals surface area contributed by atoms with Gasteiger partial charge in [0.25, 0.3) is 5.56 Å². The number of fused-ring (bicyclic) bond motifs is 1. The van der Waals surface area contributed by atoms with E-state index >= 15 is 0 Å². The first-order valence-corrected chi connectivity index (χ1v) is 15.5. The number of aromatic nitrogens is 2. The van der Waals surface area contributed by atoms with Gasteiger partial charge in [0.2, 0.25) is 5.91 Å². The number of nitrogens with zero attached hydrogens (tertiary/aromatic N) is 2. The van der Waals surface area contributed by atoms with Crippen molar-refractivity contribution >= 4 is 72.9 Å². The fraction of sp³-hybridized carbons (Fsp3) is 0.0714. The molecule has 12 heteroatoms. The maximum absolute atomic E-state index is 13.9. The van der Waals surface area contributed by atoms with Crippen LogP contribution in [-0.2, 0) is 9.53 Å². The highest BCUT2D eigenvalue weighted by Crippen LogP contribution is 2.38. The summed E-state index contributed by atoms with van der Waals surface area (Å²) in [6.45, 7) is 0. The molecule has 0 atom stereocenters. The summed E-state index contributed by atoms with van der Waals surface area (Å²) in [6.07, 6.45) is 1.56. The molecule has 40 heavy (non-hydrogen) atoms. The van der Waals surface area contributed by atoms with Crippen LogP contribution in [0.15, 0.2) is 91.4 Å². The normalized spacial score (nSPS) is 11.1. The fourth-order valence-electron chi connectivity index (χ4n) is 4.15. The van der Waals surface area contributed by atoms with Gasteiger partial charge in [-0.05, 0) is 35.7 Å². The van der Waals surface area contributed by atoms with Gasteiger partial charge in [-0.25, -0.2) is 9.78 Å². The van der Waals surface area contributed by atoms with Crippen LogP contribution >= 0.6 is 45.8 Å². The van der Waals surface area contributed by atoms with Gasteiger partial charge >= 0.3 is 5.97 Å². The van der Waals surface area contributed by atoms with E-state index in [0.29, 0.717) is 48.5 Å². The predicted molar refractivity (Wildman–Crippen MR) is 161 cm³/mol. The lowest BCUT2D eigenvalue weighted by Gasteiger charge is -2.12. The molecular weight excluding hydrogens is 587 g/mol. The average molecular weight is 606 g/mol. The number of nitrogens with one attached hydrogen (secondary N) is 1. The summed E-state index contributed by atoms with van der Waals surface area (Å²) < 4.78 is 12.1. The number of thioether (sulfide) groups is 1. The molecule has 0 saturated heterocycles. The van der Waals surface area contributed by atoms with Crippen LogP contribution in [0.3, 0.4) is 0 Å². The second kappa shape index (κ2) is 11.3. The molecule has 8 nitrogen and oxygen atoms in total. The van der Waals surface area contributed by atoms with Crippen molar-refractivity contribution in [3.05, 3.63) is 92.9 Å². The van der Waals surface area contributed by atoms with E-state index in [0.717, 1.165) is 16.6 Å². The summed E-state index contributed by atoms with van der Waals surface area (Å²) in [6, 6.07) is 16.6. The summed E-state index contributed by atoms with van der Waals surface area (Å²) in [4.78, 5) is 45.8. The van der Waals surface area contributed by atoms with E-state index in [1.165, 1.54) is 45.7 Å². The van der Waals surface area contributed by atoms with Crippen molar-refractivity contribution in [2.75, 3.05) is 18.2 Å². The molecule has 1 N–H and O–H groups in total. The Balaban J connectivity index is 1.32. The Labute approximate surface area is 243 Å². The first kappa shape index (κ1) is 26.3. The summed E-state index contributed by atoms with van der Waals surface area (Å²) in [5.74, 6) is -0.314. The molecule has 0 radical (unpaired) electrons. The summed E-state index contributed by atoms with van der Waals surface area (Å²) in [5, 5.41) is 9.70. The van der Waals surface area contributed by atoms with Crippen LogP contribution in [-0.4, -0.2) is 34.3 Å². The lowest BCUT2D eigenvalue weighted by molar-refractivity contribution is -0.113. The highest BCUT2D eigenvalue weighted by molar-refractivity contribution is 7.99. The van der Waals surface area contributed by atoms with E-state index in [9.17, 15) is 14.4 Å². The van der Waals surface area contributed by atoms with E-state index in [1.807, 2.05) is 58.6 Å². The number of benzene rings is 1. The molecule has 0 aliphatic carbocycles. The van der Waals surface area contributed by atoms with Gasteiger partial charge in [-0.3, -0.25) is 14.2 Å². The second-order valence-electron chi connectivity index (χ2n) is 8.34. The zero-order chi connectivity index (χ0) is 27.6. The van der Waals surface area contributed by atoms with Gasteiger partial charge in [-0.1, -0.05) is 36.0 Å². The van der Waals surface area contributed by atoms with Gasteiger partial charge in [0.15, 0.2) is 5.16 Å². The van der Waals surface area contributed by atoms with Crippen LogP contribution in [0.5, 0.6) is 0 Å². The summed E-state index contributed by atoms with van der Waals surface area (Å²) >= 11 is 5.24. The number of rotatable bonds is 8. The molecule has 5 heterocycles. The van der Waals surface area contributed by atoms with E-state index < -0.39 is 5.97 Å². The second-order valence-corrected chi connectivity index (χ2v) is 12.0. The highest BCUT2D eigenvalue weighted by Gasteiger charge is 2.24. The van der Waals surface area contributed by atoms with Gasteiger partial charge in [0.1, 0.15) is 21.2 Å². The van der Waals surface area contributed by atoms with E-state index in [2.05, 4.69) is 5.32 Å². The Hall–Kier alpha value is -3.97. The maximum atomic E-state index is 13.9. The number of carbonyl (C=O) groups is 2. The number of amides is 1. The maximum Gasteiger partial charge on any atom is 0.341 e. The van der Waals surface area contributed by atoms with Crippen LogP contribution in [0.4, 0.5) is 5.00 Å². The lowest BCUT2D eigenvalue weighted by Crippen LogP contribution is -2.22. The topological polar surface area (TPSA) is 103 Å². The Morgan fingerprint density at radius 1 is 1.02 bits per heavy atom. The molecule has 0 unspecified atom stereocenters. The molecule has 5 aromatic heterocycles. The number of esters is 1. The molecule has 1 aromatic carbocycles. The molecule has 200 valence electrons. The predicted octanol–water partition coefficient (Wildman–Crippen LogP) is 7.01. The first-order chi connectivity index (χ1) is 19.5. The SMILES string of the molecule is COC(=O)c1c(-c2cccs2)csc1NC(=O)CSc1nc2scc(-c3ccco3)c2c(=O)n1-c1ccccc1. The van der Waals surface area contributed by atoms with Crippen molar-refractivity contribution in [1.82, 2.24) is 9.55 Å². The Morgan fingerprint density at radius 2 is 1.85 bits per heavy atom. The summed E-state index contributed by atoms with van der Waals surface area (Å²) in [7, 11) is 1.31. The number of para-hydroxylation sites is 1. The largest absolute Gasteiger partial charge is 0.465 e. The Morgan fingerprint density at radius 3 is 2.58 bits per heavy atom. The molecule has 6 aromatic rings. The average Bonchev–Trinajstić information content (AvgIpc) is 3.78. The molecule has 0 saturated carbocycles. The molecule has 0 bridgehead atoms. The van der Waals surface area contributed by atoms with Crippen LogP contribution in [0.2, 0.25) is 0 Å². The van der Waals surface area contributed by atoms with E-state index in [1.54, 1.807) is 18.4 Å². The monoisotopic (exact) mass is 605 g/mol. The van der Waals surface area contributed by atoms with Gasteiger partial charge in [0.05, 0.1) is 30.2 Å². The third-order valence-corrected chi connectivity index (χ3v) is 9.54. The Bertz CT molecular complexity index is 1870. The van der Waals surface area contributed by atoms with Crippen molar-refractivity contribution in [3.63, 3.8) is 0 Å². The molecule has 1 amide bonds. The number of hydrogen-bond acceptors (Lipinski definition) is 10. The van der Waals surface area contributed by atoms with Crippen molar-refractivity contribution in [3.8, 4) is 27.5 Å². The Kier molecular flexibility index (Phi) is 7.39. The smallest absolute Gasteiger partial charge is 0.341 e. The van der Waals surface area contributed by atoms with E-state index in [-0.39, 0.29) is 17.2 Å². The van der Waals surface area contributed by atoms with Crippen molar-refractivity contribution in [2.45, 2.75) is 5.16 Å². The third-order valence-electron chi connectivity index (χ3n) is 5.93. The number of hydrogen-bond donors (Lipinski definition) is 1. The molecule has 0 fully saturated rings. The third kappa shape index (κ3) is 4.90. The summed E-state index contributed by atoms with van der Waals surface area (Å²) in [5.41, 5.74) is 2.09. The number of thiophene rings is 3. The highest BCUT2D eigenvalue weighted by atomic mass is 32.2. The standard InChI is InChI=1S/C28H19N3O5S4/c1-35-27(34)23-18(20-10-6-12-37-20)14-39-25(23)29-21(32)15-40-28-30-24-22(17(13-38-24)19-9-5-11-36-19)26(33)31(28)16-7-3-2-4-8-16/h2-14H,15H2,1H3,(H,29,32). The van der Waals surface area contributed by atoms with Crippen molar-refractivity contribution < 1.29 is 18.7 Å². The van der Waals surface area contributed by atoms with Crippen LogP contribution in [0, 0.1) is 0 Å². The van der Waals surface area contributed by atoms with Gasteiger partial charge in [-0.15, -0.1) is 34.0 Å². The number of methoxy groups -OCH3 is 1. The minimum Gasteiger partial charge on any atom is -0.465 e. The minimum atomic E-state index is -0.525. The number of anilines is 1. The lowest BCUT2D eigenvalue weighted by atomic mass is 10.1. The number of carbonyl (C=O) groups excluding carboxylic acids is 2. The van der Waals surface area contributed by atoms with E-state index in [4.69, 9.17) is 14.1 Å².